The molecule has 1 aliphatic heterocycles. The van der Waals surface area contributed by atoms with E-state index >= 15 is 0 Å². The molecule has 1 aliphatic rings. The Kier molecular flexibility index (Phi) is 10.9. The van der Waals surface area contributed by atoms with E-state index in [1.165, 1.54) is 31.2 Å². The third-order valence-corrected chi connectivity index (χ3v) is 7.76. The first-order valence-corrected chi connectivity index (χ1v) is 15.3. The van der Waals surface area contributed by atoms with E-state index in [2.05, 4.69) is 31.4 Å². The van der Waals surface area contributed by atoms with Crippen molar-refractivity contribution in [1.82, 2.24) is 14.9 Å². The van der Waals surface area contributed by atoms with E-state index in [9.17, 15) is 16.9 Å². The van der Waals surface area contributed by atoms with Crippen molar-refractivity contribution in [3.05, 3.63) is 52.7 Å². The summed E-state index contributed by atoms with van der Waals surface area (Å²) in [6.45, 7) is 4.64. The lowest BCUT2D eigenvalue weighted by Gasteiger charge is -2.26. The van der Waals surface area contributed by atoms with Crippen molar-refractivity contribution in [3.63, 3.8) is 0 Å². The second-order valence-electron chi connectivity index (χ2n) is 8.84. The number of fused-ring (bicyclic) bond motifs is 1. The van der Waals surface area contributed by atoms with Crippen LogP contribution in [0.1, 0.15) is 11.1 Å². The van der Waals surface area contributed by atoms with Crippen LogP contribution < -0.4 is 24.3 Å². The molecule has 39 heavy (non-hydrogen) atoms. The van der Waals surface area contributed by atoms with E-state index in [0.29, 0.717) is 11.4 Å². The maximum Gasteiger partial charge on any atom is 0.488 e. The third kappa shape index (κ3) is 8.33. The summed E-state index contributed by atoms with van der Waals surface area (Å²) in [5, 5.41) is 3.32. The minimum absolute atomic E-state index is 0. The Hall–Kier alpha value is -2.34. The van der Waals surface area contributed by atoms with Crippen molar-refractivity contribution >= 4 is 71.0 Å². The fourth-order valence-electron chi connectivity index (χ4n) is 3.87. The minimum atomic E-state index is -5.26. The van der Waals surface area contributed by atoms with E-state index in [1.807, 2.05) is 12.1 Å². The van der Waals surface area contributed by atoms with Crippen LogP contribution in [0, 0.1) is 0 Å². The number of methoxy groups -OCH3 is 1. The Bertz CT molecular complexity index is 1510. The van der Waals surface area contributed by atoms with Crippen LogP contribution in [0.4, 0.5) is 15.5 Å². The van der Waals surface area contributed by atoms with Crippen LogP contribution in [0.25, 0.3) is 0 Å². The highest BCUT2D eigenvalue weighted by atomic mass is 35.5. The van der Waals surface area contributed by atoms with Crippen LogP contribution in [0.15, 0.2) is 36.5 Å². The number of hydrogen-bond acceptors (Lipinski definition) is 10. The highest BCUT2D eigenvalue weighted by Gasteiger charge is 2.23. The molecule has 0 aliphatic carbocycles. The Morgan fingerprint density at radius 3 is 2.49 bits per heavy atom. The van der Waals surface area contributed by atoms with Gasteiger partial charge in [0.15, 0.2) is 0 Å². The van der Waals surface area contributed by atoms with Gasteiger partial charge in [0.1, 0.15) is 29.4 Å². The predicted octanol–water partition coefficient (Wildman–Crippen LogP) is 5.35. The van der Waals surface area contributed by atoms with Crippen molar-refractivity contribution in [2.24, 2.45) is 0 Å². The molecule has 0 bridgehead atoms. The van der Waals surface area contributed by atoms with Gasteiger partial charge in [-0.15, -0.1) is 24.8 Å². The maximum atomic E-state index is 13.0. The lowest BCUT2D eigenvalue weighted by atomic mass is 9.99. The topological polar surface area (TPSA) is 120 Å². The van der Waals surface area contributed by atoms with E-state index in [0.717, 1.165) is 37.2 Å². The number of rotatable bonds is 8. The molecule has 3 aromatic rings. The first-order chi connectivity index (χ1) is 17.3. The monoisotopic (exact) mass is 642 g/mol. The highest BCUT2D eigenvalue weighted by Crippen LogP contribution is 2.42. The molecule has 10 nitrogen and oxygen atoms in total. The number of hydrogen-bond donors (Lipinski definition) is 1. The zero-order valence-corrected chi connectivity index (χ0v) is 25.4. The summed E-state index contributed by atoms with van der Waals surface area (Å²) in [6.07, 6.45) is 2.26. The number of halogens is 4. The Morgan fingerprint density at radius 1 is 1.13 bits per heavy atom. The first-order valence-electron chi connectivity index (χ1n) is 11.0. The standard InChI is InChI=1S/C23H25ClFN4O6PS.2ClH/c1-29-8-7-14-10-20(33-2)18(9-15(14)13-29)27-23-26-12-17(24)22(28-23)34-19-6-5-16(35-37(25,31)32)11-21(19)36(3,4)30;;/h5-6,9-12H,7-8,13H2,1-4H3,(H,26,27,28);2*1H. The molecule has 2 aromatic carbocycles. The molecule has 2 heterocycles. The average Bonchev–Trinajstić information content (AvgIpc) is 2.80. The lowest BCUT2D eigenvalue weighted by molar-refractivity contribution is 0.312. The van der Waals surface area contributed by atoms with Crippen molar-refractivity contribution < 1.29 is 30.5 Å². The molecule has 16 heteroatoms. The number of anilines is 2. The number of likely N-dealkylation sites (N-methyl/N-ethyl adjacent to an activating group) is 1. The zero-order chi connectivity index (χ0) is 27.0. The molecule has 214 valence electrons. The number of ether oxygens (including phenoxy) is 2. The van der Waals surface area contributed by atoms with Gasteiger partial charge >= 0.3 is 10.5 Å². The van der Waals surface area contributed by atoms with Crippen molar-refractivity contribution in [2.75, 3.05) is 39.3 Å². The van der Waals surface area contributed by atoms with Gasteiger partial charge in [0.2, 0.25) is 11.8 Å². The largest absolute Gasteiger partial charge is 0.495 e. The van der Waals surface area contributed by atoms with Gasteiger partial charge < -0.3 is 28.4 Å². The van der Waals surface area contributed by atoms with E-state index in [4.69, 9.17) is 21.1 Å². The molecule has 0 atom stereocenters. The molecular formula is C23H27Cl3FN4O6PS. The normalized spacial score (nSPS) is 13.4. The van der Waals surface area contributed by atoms with Gasteiger partial charge in [0.25, 0.3) is 0 Å². The second-order valence-corrected chi connectivity index (χ2v) is 13.4. The average molecular weight is 644 g/mol. The Labute approximate surface area is 243 Å². The third-order valence-electron chi connectivity index (χ3n) is 5.60. The van der Waals surface area contributed by atoms with Crippen LogP contribution in [-0.4, -0.2) is 57.3 Å². The summed E-state index contributed by atoms with van der Waals surface area (Å²) in [5.41, 5.74) is 3.03. The molecule has 1 N–H and O–H groups in total. The van der Waals surface area contributed by atoms with E-state index < -0.39 is 17.6 Å². The number of nitrogens with one attached hydrogen (secondary N) is 1. The smallest absolute Gasteiger partial charge is 0.488 e. The summed E-state index contributed by atoms with van der Waals surface area (Å²) in [6, 6.07) is 7.57. The summed E-state index contributed by atoms with van der Waals surface area (Å²) >= 11 is 6.27. The fraction of sp³-hybridized carbons (Fsp3) is 0.304. The van der Waals surface area contributed by atoms with Crippen LogP contribution >= 0.6 is 43.6 Å². The zero-order valence-electron chi connectivity index (χ0n) is 21.3. The summed E-state index contributed by atoms with van der Waals surface area (Å²) in [4.78, 5) is 10.8. The quantitative estimate of drug-likeness (QED) is 0.254. The Morgan fingerprint density at radius 2 is 1.85 bits per heavy atom. The summed E-state index contributed by atoms with van der Waals surface area (Å²) < 4.78 is 63.3. The number of nitrogens with zero attached hydrogens (tertiary/aromatic N) is 3. The van der Waals surface area contributed by atoms with Gasteiger partial charge in [0.05, 0.1) is 24.3 Å². The molecule has 0 amide bonds. The van der Waals surface area contributed by atoms with Crippen LogP contribution in [0.3, 0.4) is 0 Å². The number of benzene rings is 2. The number of aromatic nitrogens is 2. The molecular weight excluding hydrogens is 617 g/mol. The van der Waals surface area contributed by atoms with Gasteiger partial charge in [-0.1, -0.05) is 15.5 Å². The summed E-state index contributed by atoms with van der Waals surface area (Å²) in [7, 11) is -4.66. The van der Waals surface area contributed by atoms with Gasteiger partial charge in [-0.2, -0.15) is 13.4 Å². The van der Waals surface area contributed by atoms with Gasteiger partial charge in [0, 0.05) is 13.1 Å². The van der Waals surface area contributed by atoms with Crippen molar-refractivity contribution in [1.29, 1.82) is 0 Å². The fourth-order valence-corrected chi connectivity index (χ4v) is 5.43. The lowest BCUT2D eigenvalue weighted by Crippen LogP contribution is -2.26. The molecule has 0 unspecified atom stereocenters. The first kappa shape index (κ1) is 32.9. The molecule has 0 fully saturated rings. The molecule has 0 radical (unpaired) electrons. The van der Waals surface area contributed by atoms with E-state index in [1.54, 1.807) is 7.11 Å². The summed E-state index contributed by atoms with van der Waals surface area (Å²) in [5.74, 6) is 0.483. The van der Waals surface area contributed by atoms with Crippen LogP contribution in [0.2, 0.25) is 5.02 Å². The SMILES string of the molecule is COc1cc2c(cc1Nc1ncc(Cl)c(Oc3ccc(OS(=O)(=O)F)cc3P(C)(C)=O)n1)CN(C)CC2.Cl.Cl. The van der Waals surface area contributed by atoms with Crippen molar-refractivity contribution in [2.45, 2.75) is 13.0 Å². The molecule has 0 saturated carbocycles. The van der Waals surface area contributed by atoms with Crippen LogP contribution in [-0.2, 0) is 28.0 Å². The molecule has 1 aromatic heterocycles. The maximum absolute atomic E-state index is 13.0. The minimum Gasteiger partial charge on any atom is -0.495 e. The van der Waals surface area contributed by atoms with Gasteiger partial charge in [-0.05, 0) is 68.3 Å². The van der Waals surface area contributed by atoms with Gasteiger partial charge in [-0.3, -0.25) is 0 Å². The molecule has 0 spiro atoms. The Balaban J connectivity index is 0.00000267. The predicted molar refractivity (Wildman–Crippen MR) is 154 cm³/mol. The highest BCUT2D eigenvalue weighted by molar-refractivity contribution is 7.81. The molecule has 0 saturated heterocycles. The second kappa shape index (κ2) is 12.9. The van der Waals surface area contributed by atoms with Crippen molar-refractivity contribution in [3.8, 4) is 23.1 Å². The van der Waals surface area contributed by atoms with Crippen LogP contribution in [0.5, 0.6) is 23.1 Å². The van der Waals surface area contributed by atoms with Gasteiger partial charge in [-0.25, -0.2) is 4.98 Å². The molecule has 4 rings (SSSR count). The van der Waals surface area contributed by atoms with E-state index in [-0.39, 0.29) is 58.5 Å².